The van der Waals surface area contributed by atoms with Crippen LogP contribution in [-0.4, -0.2) is 18.1 Å². The van der Waals surface area contributed by atoms with E-state index in [-0.39, 0.29) is 11.9 Å². The van der Waals surface area contributed by atoms with Gasteiger partial charge in [-0.2, -0.15) is 5.48 Å². The van der Waals surface area contributed by atoms with Crippen molar-refractivity contribution < 1.29 is 23.2 Å². The highest BCUT2D eigenvalue weighted by atomic mass is 35.7. The summed E-state index contributed by atoms with van der Waals surface area (Å²) in [4.78, 5) is 17.2. The lowest BCUT2D eigenvalue weighted by atomic mass is 10.3. The number of hydrogen-bond acceptors (Lipinski definition) is 6. The molecule has 1 unspecified atom stereocenters. The van der Waals surface area contributed by atoms with Crippen molar-refractivity contribution in [2.75, 3.05) is 0 Å². The molecule has 1 N–H and O–H groups in total. The van der Waals surface area contributed by atoms with E-state index in [1.165, 1.54) is 6.92 Å². The van der Waals surface area contributed by atoms with Crippen molar-refractivity contribution in [3.8, 4) is 5.75 Å². The Morgan fingerprint density at radius 3 is 2.59 bits per heavy atom. The van der Waals surface area contributed by atoms with Crippen LogP contribution in [0.4, 0.5) is 0 Å². The second-order valence-corrected chi connectivity index (χ2v) is 7.58. The van der Waals surface area contributed by atoms with Crippen molar-refractivity contribution in [3.63, 3.8) is 0 Å². The van der Waals surface area contributed by atoms with Gasteiger partial charge in [-0.05, 0) is 31.9 Å². The van der Waals surface area contributed by atoms with Gasteiger partial charge >= 0.3 is 12.9 Å². The van der Waals surface area contributed by atoms with Gasteiger partial charge in [-0.15, -0.1) is 0 Å². The van der Waals surface area contributed by atoms with Gasteiger partial charge < -0.3 is 9.05 Å². The van der Waals surface area contributed by atoms with Crippen LogP contribution in [-0.2, 0) is 18.7 Å². The van der Waals surface area contributed by atoms with Gasteiger partial charge in [0.25, 0.3) is 0 Å². The van der Waals surface area contributed by atoms with Gasteiger partial charge in [-0.3, -0.25) is 4.84 Å². The molecule has 0 aromatic heterocycles. The summed E-state index contributed by atoms with van der Waals surface area (Å²) in [6, 6.07) is 7.47. The Balaban J connectivity index is 1.80. The smallest absolute Gasteiger partial charge is 0.405 e. The monoisotopic (exact) mass is 347 g/mol. The minimum atomic E-state index is -4.05. The molecule has 1 aromatic carbocycles. The normalized spacial score (nSPS) is 19.4. The van der Waals surface area contributed by atoms with Crippen LogP contribution in [0.3, 0.4) is 0 Å². The first-order chi connectivity index (χ1) is 10.5. The number of halogens is 1. The zero-order chi connectivity index (χ0) is 16.0. The Labute approximate surface area is 134 Å². The number of carbonyl (C=O) groups excluding carboxylic acids is 1. The summed E-state index contributed by atoms with van der Waals surface area (Å²) in [7, 11) is 0. The maximum atomic E-state index is 12.0. The zero-order valence-corrected chi connectivity index (χ0v) is 13.9. The standard InChI is InChI=1S/C14H19ClNO5P/c1-11(16-19-12-7-5-6-8-12)14(17)21-22(15,18)20-13-9-3-2-4-10-13/h2-4,9-12,16H,5-8H2,1H3/t11-,22?/m0/s1. The predicted molar refractivity (Wildman–Crippen MR) is 82.6 cm³/mol. The van der Waals surface area contributed by atoms with Crippen LogP contribution in [0.1, 0.15) is 32.6 Å². The molecule has 0 spiro atoms. The first-order valence-electron chi connectivity index (χ1n) is 7.15. The van der Waals surface area contributed by atoms with Crippen molar-refractivity contribution in [3.05, 3.63) is 30.3 Å². The number of carbonyl (C=O) groups is 1. The second-order valence-electron chi connectivity index (χ2n) is 5.11. The van der Waals surface area contributed by atoms with Gasteiger partial charge in [0.1, 0.15) is 11.8 Å². The van der Waals surface area contributed by atoms with Crippen molar-refractivity contribution in [1.29, 1.82) is 0 Å². The van der Waals surface area contributed by atoms with Crippen LogP contribution in [0.2, 0.25) is 0 Å². The summed E-state index contributed by atoms with van der Waals surface area (Å²) in [5, 5.41) is 0. The SMILES string of the molecule is C[C@H](NOC1CCCC1)C(=O)OP(=O)(Cl)Oc1ccccc1. The fourth-order valence-corrected chi connectivity index (χ4v) is 3.29. The molecular weight excluding hydrogens is 329 g/mol. The molecule has 0 bridgehead atoms. The summed E-state index contributed by atoms with van der Waals surface area (Å²) in [5.41, 5.74) is 2.60. The first kappa shape index (κ1) is 17.3. The molecule has 122 valence electrons. The van der Waals surface area contributed by atoms with Crippen molar-refractivity contribution in [1.82, 2.24) is 5.48 Å². The Morgan fingerprint density at radius 2 is 1.95 bits per heavy atom. The summed E-state index contributed by atoms with van der Waals surface area (Å²) in [5.74, 6) is -0.538. The van der Waals surface area contributed by atoms with E-state index in [0.29, 0.717) is 0 Å². The molecule has 1 saturated carbocycles. The lowest BCUT2D eigenvalue weighted by Gasteiger charge is -2.18. The maximum Gasteiger partial charge on any atom is 0.532 e. The number of rotatable bonds is 7. The molecule has 0 amide bonds. The van der Waals surface area contributed by atoms with Crippen molar-refractivity contribution >= 4 is 24.2 Å². The maximum absolute atomic E-state index is 12.0. The highest BCUT2D eigenvalue weighted by Gasteiger charge is 2.31. The Hall–Kier alpha value is -1.07. The van der Waals surface area contributed by atoms with E-state index in [4.69, 9.17) is 25.1 Å². The fraction of sp³-hybridized carbons (Fsp3) is 0.500. The quantitative estimate of drug-likeness (QED) is 0.597. The van der Waals surface area contributed by atoms with Crippen LogP contribution in [0, 0.1) is 0 Å². The Bertz CT molecular complexity index is 535. The number of para-hydroxylation sites is 1. The van der Waals surface area contributed by atoms with Gasteiger partial charge in [0, 0.05) is 11.2 Å². The average Bonchev–Trinajstić information content (AvgIpc) is 2.98. The van der Waals surface area contributed by atoms with Gasteiger partial charge in [0.05, 0.1) is 6.10 Å². The van der Waals surface area contributed by atoms with E-state index < -0.39 is 19.0 Å². The molecule has 1 aromatic rings. The van der Waals surface area contributed by atoms with E-state index in [2.05, 4.69) is 5.48 Å². The molecule has 8 heteroatoms. The average molecular weight is 348 g/mol. The van der Waals surface area contributed by atoms with Crippen LogP contribution in [0.15, 0.2) is 30.3 Å². The van der Waals surface area contributed by atoms with Crippen LogP contribution in [0.5, 0.6) is 5.75 Å². The molecule has 1 fully saturated rings. The number of hydrogen-bond donors (Lipinski definition) is 1. The van der Waals surface area contributed by atoms with Gasteiger partial charge in [-0.1, -0.05) is 31.0 Å². The Kier molecular flexibility index (Phi) is 6.26. The molecule has 0 radical (unpaired) electrons. The molecule has 1 aliphatic rings. The molecule has 1 aliphatic carbocycles. The predicted octanol–water partition coefficient (Wildman–Crippen LogP) is 3.81. The summed E-state index contributed by atoms with van der Waals surface area (Å²) < 4.78 is 21.7. The minimum Gasteiger partial charge on any atom is -0.405 e. The number of nitrogens with one attached hydrogen (secondary N) is 1. The molecule has 2 atom stereocenters. The molecule has 0 heterocycles. The summed E-state index contributed by atoms with van der Waals surface area (Å²) in [6.45, 7) is -2.51. The van der Waals surface area contributed by atoms with E-state index in [1.807, 2.05) is 0 Å². The van der Waals surface area contributed by atoms with Crippen molar-refractivity contribution in [2.24, 2.45) is 0 Å². The fourth-order valence-electron chi connectivity index (χ4n) is 2.07. The van der Waals surface area contributed by atoms with Crippen LogP contribution in [0.25, 0.3) is 0 Å². The third-order valence-corrected chi connectivity index (χ3v) is 4.46. The van der Waals surface area contributed by atoms with E-state index in [1.54, 1.807) is 30.3 Å². The number of hydroxylamine groups is 1. The first-order valence-corrected chi connectivity index (χ1v) is 9.60. The Morgan fingerprint density at radius 1 is 1.32 bits per heavy atom. The van der Waals surface area contributed by atoms with E-state index in [9.17, 15) is 9.36 Å². The highest BCUT2D eigenvalue weighted by molar-refractivity contribution is 7.82. The van der Waals surface area contributed by atoms with Crippen molar-refractivity contribution in [2.45, 2.75) is 44.8 Å². The third-order valence-electron chi connectivity index (χ3n) is 3.22. The molecular formula is C14H19ClNO5P. The number of benzene rings is 1. The van der Waals surface area contributed by atoms with Gasteiger partial charge in [0.15, 0.2) is 0 Å². The summed E-state index contributed by atoms with van der Waals surface area (Å²) in [6.07, 6.45) is 4.25. The summed E-state index contributed by atoms with van der Waals surface area (Å²) >= 11 is 5.66. The van der Waals surface area contributed by atoms with E-state index in [0.717, 1.165) is 25.7 Å². The molecule has 6 nitrogen and oxygen atoms in total. The molecule has 0 aliphatic heterocycles. The lowest BCUT2D eigenvalue weighted by molar-refractivity contribution is -0.142. The highest BCUT2D eigenvalue weighted by Crippen LogP contribution is 2.53. The van der Waals surface area contributed by atoms with Gasteiger partial charge in [0.2, 0.25) is 0 Å². The lowest BCUT2D eigenvalue weighted by Crippen LogP contribution is -2.37. The second kappa shape index (κ2) is 7.97. The van der Waals surface area contributed by atoms with E-state index >= 15 is 0 Å². The molecule has 0 saturated heterocycles. The molecule has 2 rings (SSSR count). The topological polar surface area (TPSA) is 73.9 Å². The third kappa shape index (κ3) is 5.61. The minimum absolute atomic E-state index is 0.0959. The van der Waals surface area contributed by atoms with Crippen LogP contribution < -0.4 is 10.0 Å². The molecule has 22 heavy (non-hydrogen) atoms. The zero-order valence-electron chi connectivity index (χ0n) is 12.2. The van der Waals surface area contributed by atoms with Gasteiger partial charge in [-0.25, -0.2) is 9.36 Å². The largest absolute Gasteiger partial charge is 0.532 e. The van der Waals surface area contributed by atoms with Crippen LogP contribution >= 0.6 is 18.2 Å².